The Morgan fingerprint density at radius 1 is 0.794 bits per heavy atom. The summed E-state index contributed by atoms with van der Waals surface area (Å²) < 4.78 is 0. The Bertz CT molecular complexity index is 1000. The van der Waals surface area contributed by atoms with Crippen molar-refractivity contribution in [2.45, 2.75) is 33.1 Å². The summed E-state index contributed by atoms with van der Waals surface area (Å²) in [6, 6.07) is 30.1. The van der Waals surface area contributed by atoms with Crippen LogP contribution in [-0.2, 0) is 26.9 Å². The maximum atomic E-state index is 3.27. The number of hydrogen-bond acceptors (Lipinski definition) is 0. The van der Waals surface area contributed by atoms with Gasteiger partial charge in [-0.3, -0.25) is 0 Å². The second-order valence-electron chi connectivity index (χ2n) is 6.67. The van der Waals surface area contributed by atoms with Crippen LogP contribution in [-0.4, -0.2) is 13.8 Å². The Labute approximate surface area is 238 Å². The average molecular weight is 605 g/mol. The molecule has 0 heterocycles. The topological polar surface area (TPSA) is 0 Å². The van der Waals surface area contributed by atoms with Gasteiger partial charge >= 0.3 is 34.2 Å². The van der Waals surface area contributed by atoms with Crippen LogP contribution in [0.4, 0.5) is 0 Å². The van der Waals surface area contributed by atoms with Crippen molar-refractivity contribution in [3.05, 3.63) is 126 Å². The van der Waals surface area contributed by atoms with Crippen LogP contribution in [0.3, 0.4) is 0 Å². The Morgan fingerprint density at radius 2 is 1.41 bits per heavy atom. The van der Waals surface area contributed by atoms with Crippen LogP contribution in [0.15, 0.2) is 84.9 Å². The van der Waals surface area contributed by atoms with Crippen LogP contribution in [0.1, 0.15) is 30.9 Å². The first-order valence-electron chi connectivity index (χ1n) is 9.70. The molecule has 5 heteroatoms. The summed E-state index contributed by atoms with van der Waals surface area (Å²) in [5, 5.41) is 2.66. The van der Waals surface area contributed by atoms with E-state index in [0.717, 1.165) is 0 Å². The summed E-state index contributed by atoms with van der Waals surface area (Å²) >= 11 is -0.159. The molecule has 0 bridgehead atoms. The van der Waals surface area contributed by atoms with Gasteiger partial charge < -0.3 is 54.5 Å². The summed E-state index contributed by atoms with van der Waals surface area (Å²) in [4.78, 5) is 0. The van der Waals surface area contributed by atoms with Gasteiger partial charge in [0.2, 0.25) is 0 Å². The predicted octanol–water partition coefficient (Wildman–Crippen LogP) is 2.33. The van der Waals surface area contributed by atoms with Gasteiger partial charge in [-0.15, -0.1) is 29.0 Å². The fourth-order valence-corrected chi connectivity index (χ4v) is 3.23. The van der Waals surface area contributed by atoms with Gasteiger partial charge in [0.15, 0.2) is 0 Å². The molecule has 4 aromatic rings. The van der Waals surface area contributed by atoms with E-state index in [1.54, 1.807) is 0 Å². The summed E-state index contributed by atoms with van der Waals surface area (Å²) in [5.74, 6) is 0. The quantitative estimate of drug-likeness (QED) is 0.248. The van der Waals surface area contributed by atoms with Gasteiger partial charge in [0, 0.05) is 0 Å². The Morgan fingerprint density at radius 3 is 1.97 bits per heavy atom. The third kappa shape index (κ3) is 14.0. The number of hydrogen-bond donors (Lipinski definition) is 0. The summed E-state index contributed by atoms with van der Waals surface area (Å²) in [6.45, 7) is 10.9. The number of benzene rings is 2. The molecule has 0 amide bonds. The molecule has 0 saturated heterocycles. The third-order valence-electron chi connectivity index (χ3n) is 4.66. The van der Waals surface area contributed by atoms with E-state index in [1.165, 1.54) is 52.3 Å². The van der Waals surface area contributed by atoms with Crippen LogP contribution in [0.5, 0.6) is 0 Å². The zero-order valence-electron chi connectivity index (χ0n) is 21.5. The molecule has 4 rings (SSSR count). The van der Waals surface area contributed by atoms with Crippen molar-refractivity contribution in [1.82, 2.24) is 0 Å². The van der Waals surface area contributed by atoms with Gasteiger partial charge in [-0.05, 0) is 18.1 Å². The number of rotatable bonds is 4. The summed E-state index contributed by atoms with van der Waals surface area (Å²) in [5.41, 5.74) is 5.48. The molecule has 4 radical (unpaired) electrons. The fraction of sp³-hybridized carbons (Fsp3) is 0.172. The van der Waals surface area contributed by atoms with E-state index in [1.807, 2.05) is 0 Å². The second-order valence-corrected chi connectivity index (χ2v) is 13.2. The monoisotopic (exact) mass is 602 g/mol. The summed E-state index contributed by atoms with van der Waals surface area (Å²) in [7, 11) is 0. The Hall–Kier alpha value is -0.703. The van der Waals surface area contributed by atoms with Crippen molar-refractivity contribution in [1.29, 1.82) is 0 Å². The number of halogens is 2. The Kier molecular flexibility index (Phi) is 32.4. The van der Waals surface area contributed by atoms with Gasteiger partial charge in [0.05, 0.1) is 0 Å². The summed E-state index contributed by atoms with van der Waals surface area (Å²) in [6.07, 6.45) is 3.87. The molecule has 0 nitrogen and oxygen atoms in total. The van der Waals surface area contributed by atoms with Crippen molar-refractivity contribution in [3.63, 3.8) is 0 Å². The molecule has 188 valence electrons. The molecule has 0 atom stereocenters. The van der Waals surface area contributed by atoms with Crippen LogP contribution in [0, 0.1) is 36.6 Å². The molecule has 0 fully saturated rings. The maximum absolute atomic E-state index is 3.27. The molecule has 0 aliphatic carbocycles. The van der Waals surface area contributed by atoms with Gasteiger partial charge in [-0.1, -0.05) is 62.1 Å². The molecule has 0 aliphatic rings. The number of unbranched alkanes of at least 4 members (excludes halogenated alkanes) is 1. The van der Waals surface area contributed by atoms with Crippen molar-refractivity contribution in [3.8, 4) is 11.1 Å². The molecular formula is C29H38Cl2Si2Zr-8. The van der Waals surface area contributed by atoms with Gasteiger partial charge in [-0.2, -0.15) is 35.9 Å². The first-order chi connectivity index (χ1) is 13.7. The molecule has 0 unspecified atom stereocenters. The number of aryl methyl sites for hydroxylation is 2. The van der Waals surface area contributed by atoms with Crippen LogP contribution < -0.4 is 24.8 Å². The van der Waals surface area contributed by atoms with E-state index in [-0.39, 0.29) is 75.0 Å². The van der Waals surface area contributed by atoms with Crippen LogP contribution in [0.25, 0.3) is 21.9 Å². The van der Waals surface area contributed by atoms with Crippen molar-refractivity contribution < 1.29 is 45.3 Å². The van der Waals surface area contributed by atoms with Crippen molar-refractivity contribution >= 4 is 24.5 Å². The van der Waals surface area contributed by atoms with E-state index in [2.05, 4.69) is 113 Å². The average Bonchev–Trinajstić information content (AvgIpc) is 3.39. The van der Waals surface area contributed by atoms with Crippen LogP contribution in [0.2, 0.25) is 0 Å². The number of fused-ring (bicyclic) bond motifs is 1. The van der Waals surface area contributed by atoms with E-state index in [9.17, 15) is 0 Å². The molecule has 4 aromatic carbocycles. The fourth-order valence-electron chi connectivity index (χ4n) is 3.23. The van der Waals surface area contributed by atoms with Gasteiger partial charge in [0.25, 0.3) is 0 Å². The SMILES string of the molecule is CCCCc1cc[cH-]c1.Cc1ccccc1-c1cccc2[cH-]ccc12.[CH3-].[CH3-].[CH3-].[CH3-].[Cl-].[Cl-].[Si]=[Zr]=[Si]. The molecular weight excluding hydrogens is 567 g/mol. The Balaban J connectivity index is -0.000000138. The standard InChI is InChI=1S/C16H13.C9H13.4CH3.2ClH.2Si.Zr/c1-12-6-2-3-9-14(12)16-11-5-8-13-7-4-10-15(13)16;1-2-3-6-9-7-4-5-8-9;;;;;;;;;/h2-11H,1H3;4-5,7-8H,2-3,6H2,1H3;4*1H3;2*1H;;;/q6*-1;;;;;/p-2. The molecule has 0 saturated carbocycles. The first-order valence-corrected chi connectivity index (χ1v) is 18.1. The van der Waals surface area contributed by atoms with Gasteiger partial charge in [0.1, 0.15) is 0 Å². The van der Waals surface area contributed by atoms with E-state index < -0.39 is 0 Å². The third-order valence-corrected chi connectivity index (χ3v) is 4.66. The minimum atomic E-state index is -0.159. The van der Waals surface area contributed by atoms with E-state index in [4.69, 9.17) is 0 Å². The zero-order chi connectivity index (χ0) is 20.2. The minimum absolute atomic E-state index is 0. The normalized spacial score (nSPS) is 7.94. The molecule has 0 aromatic heterocycles. The first kappa shape index (κ1) is 43.4. The molecule has 0 spiro atoms. The van der Waals surface area contributed by atoms with Crippen LogP contribution >= 0.6 is 0 Å². The zero-order valence-corrected chi connectivity index (χ0v) is 27.4. The molecule has 34 heavy (non-hydrogen) atoms. The predicted molar refractivity (Wildman–Crippen MR) is 148 cm³/mol. The second kappa shape index (κ2) is 25.4. The molecule has 0 aliphatic heterocycles. The van der Waals surface area contributed by atoms with Crippen molar-refractivity contribution in [2.24, 2.45) is 0 Å². The van der Waals surface area contributed by atoms with E-state index in [0.29, 0.717) is 0 Å². The molecule has 0 N–H and O–H groups in total. The van der Waals surface area contributed by atoms with E-state index >= 15 is 0 Å². The van der Waals surface area contributed by atoms with Crippen molar-refractivity contribution in [2.75, 3.05) is 0 Å². The van der Waals surface area contributed by atoms with Gasteiger partial charge in [-0.25, -0.2) is 6.07 Å².